The molecule has 0 saturated carbocycles. The van der Waals surface area contributed by atoms with E-state index in [0.29, 0.717) is 28.0 Å². The van der Waals surface area contributed by atoms with Gasteiger partial charge in [0.05, 0.1) is 23.6 Å². The predicted octanol–water partition coefficient (Wildman–Crippen LogP) is 3.20. The topological polar surface area (TPSA) is 98.5 Å². The number of fused-ring (bicyclic) bond motifs is 2. The molecule has 0 spiro atoms. The van der Waals surface area contributed by atoms with Gasteiger partial charge in [0.15, 0.2) is 5.65 Å². The highest BCUT2D eigenvalue weighted by atomic mass is 32.2. The molecule has 3 aromatic rings. The van der Waals surface area contributed by atoms with Crippen LogP contribution < -0.4 is 5.32 Å². The summed E-state index contributed by atoms with van der Waals surface area (Å²) in [5, 5.41) is 16.8. The van der Waals surface area contributed by atoms with Crippen LogP contribution in [0.25, 0.3) is 5.65 Å². The summed E-state index contributed by atoms with van der Waals surface area (Å²) in [6.07, 6.45) is 2.82. The highest BCUT2D eigenvalue weighted by Gasteiger charge is 2.28. The predicted molar refractivity (Wildman–Crippen MR) is 112 cm³/mol. The zero-order chi connectivity index (χ0) is 20.5. The molecule has 3 heterocycles. The van der Waals surface area contributed by atoms with Crippen LogP contribution >= 0.6 is 23.1 Å². The molecule has 4 rings (SSSR count). The van der Waals surface area contributed by atoms with Crippen LogP contribution in [-0.4, -0.2) is 44.0 Å². The SMILES string of the molecule is CCOC(=O)c1c(NC(=O)CSc2nnc3c(C)cc(C)nn23)sc2c1CCC2. The van der Waals surface area contributed by atoms with E-state index in [1.807, 2.05) is 19.9 Å². The summed E-state index contributed by atoms with van der Waals surface area (Å²) in [5.74, 6) is -0.435. The number of carbonyl (C=O) groups excluding carboxylic acids is 2. The number of ether oxygens (including phenoxy) is 1. The Morgan fingerprint density at radius 2 is 2.14 bits per heavy atom. The summed E-state index contributed by atoms with van der Waals surface area (Å²) >= 11 is 2.73. The molecule has 152 valence electrons. The average molecular weight is 432 g/mol. The lowest BCUT2D eigenvalue weighted by atomic mass is 10.1. The number of anilines is 1. The normalized spacial score (nSPS) is 12.9. The fraction of sp³-hybridized carbons (Fsp3) is 0.421. The van der Waals surface area contributed by atoms with E-state index < -0.39 is 0 Å². The summed E-state index contributed by atoms with van der Waals surface area (Å²) in [5.41, 5.74) is 4.05. The van der Waals surface area contributed by atoms with Gasteiger partial charge >= 0.3 is 5.97 Å². The molecular formula is C19H21N5O3S2. The van der Waals surface area contributed by atoms with Gasteiger partial charge < -0.3 is 10.1 Å². The Labute approximate surface area is 176 Å². The molecule has 0 atom stereocenters. The first-order valence-corrected chi connectivity index (χ1v) is 11.2. The Hall–Kier alpha value is -2.46. The molecular weight excluding hydrogens is 410 g/mol. The number of carbonyl (C=O) groups is 2. The summed E-state index contributed by atoms with van der Waals surface area (Å²) in [7, 11) is 0. The minimum absolute atomic E-state index is 0.139. The molecule has 1 aliphatic carbocycles. The first-order chi connectivity index (χ1) is 14.0. The van der Waals surface area contributed by atoms with Crippen molar-refractivity contribution in [3.63, 3.8) is 0 Å². The third-order valence-corrected chi connectivity index (χ3v) is 6.76. The van der Waals surface area contributed by atoms with E-state index in [9.17, 15) is 9.59 Å². The lowest BCUT2D eigenvalue weighted by Crippen LogP contribution is -2.17. The summed E-state index contributed by atoms with van der Waals surface area (Å²) < 4.78 is 6.86. The number of aromatic nitrogens is 4. The van der Waals surface area contributed by atoms with Crippen molar-refractivity contribution in [2.75, 3.05) is 17.7 Å². The Morgan fingerprint density at radius 3 is 2.93 bits per heavy atom. The second kappa shape index (κ2) is 8.11. The lowest BCUT2D eigenvalue weighted by molar-refractivity contribution is -0.113. The molecule has 0 aliphatic heterocycles. The molecule has 1 aliphatic rings. The maximum atomic E-state index is 12.6. The van der Waals surface area contributed by atoms with Gasteiger partial charge in [-0.2, -0.15) is 9.61 Å². The number of nitrogens with zero attached hydrogens (tertiary/aromatic N) is 4. The molecule has 29 heavy (non-hydrogen) atoms. The average Bonchev–Trinajstić information content (AvgIpc) is 3.34. The van der Waals surface area contributed by atoms with Gasteiger partial charge in [0.1, 0.15) is 5.00 Å². The lowest BCUT2D eigenvalue weighted by Gasteiger charge is -2.07. The van der Waals surface area contributed by atoms with Gasteiger partial charge in [0, 0.05) is 4.88 Å². The number of aryl methyl sites for hydroxylation is 3. The number of hydrogen-bond donors (Lipinski definition) is 1. The van der Waals surface area contributed by atoms with Crippen LogP contribution in [0.2, 0.25) is 0 Å². The Balaban J connectivity index is 1.49. The van der Waals surface area contributed by atoms with Crippen molar-refractivity contribution in [2.24, 2.45) is 0 Å². The number of thioether (sulfide) groups is 1. The standard InChI is InChI=1S/C19H21N5O3S2/c1-4-27-18(26)15-12-6-5-7-13(12)29-17(15)20-14(25)9-28-19-22-21-16-10(2)8-11(3)23-24(16)19/h8H,4-7,9H2,1-3H3,(H,20,25). The first-order valence-electron chi connectivity index (χ1n) is 9.42. The zero-order valence-electron chi connectivity index (χ0n) is 16.4. The molecule has 0 bridgehead atoms. The van der Waals surface area contributed by atoms with Crippen molar-refractivity contribution in [3.8, 4) is 0 Å². The first kappa shape index (κ1) is 19.8. The smallest absolute Gasteiger partial charge is 0.341 e. The van der Waals surface area contributed by atoms with Gasteiger partial charge in [-0.15, -0.1) is 21.5 Å². The van der Waals surface area contributed by atoms with E-state index in [1.54, 1.807) is 11.4 Å². The number of hydrogen-bond acceptors (Lipinski definition) is 8. The highest BCUT2D eigenvalue weighted by Crippen LogP contribution is 2.39. The molecule has 10 heteroatoms. The van der Waals surface area contributed by atoms with E-state index in [0.717, 1.165) is 41.0 Å². The second-order valence-electron chi connectivity index (χ2n) is 6.81. The van der Waals surface area contributed by atoms with Gasteiger partial charge in [-0.05, 0) is 57.2 Å². The van der Waals surface area contributed by atoms with E-state index >= 15 is 0 Å². The van der Waals surface area contributed by atoms with E-state index in [1.165, 1.54) is 23.1 Å². The molecule has 0 saturated heterocycles. The Kier molecular flexibility index (Phi) is 5.55. The molecule has 3 aromatic heterocycles. The zero-order valence-corrected chi connectivity index (χ0v) is 18.1. The van der Waals surface area contributed by atoms with Crippen LogP contribution in [-0.2, 0) is 22.4 Å². The number of esters is 1. The van der Waals surface area contributed by atoms with Crippen molar-refractivity contribution < 1.29 is 14.3 Å². The van der Waals surface area contributed by atoms with Crippen LogP contribution in [0.3, 0.4) is 0 Å². The van der Waals surface area contributed by atoms with Gasteiger partial charge in [-0.1, -0.05) is 11.8 Å². The maximum absolute atomic E-state index is 12.6. The molecule has 8 nitrogen and oxygen atoms in total. The van der Waals surface area contributed by atoms with Gasteiger partial charge in [-0.3, -0.25) is 4.79 Å². The van der Waals surface area contributed by atoms with Crippen LogP contribution in [0.5, 0.6) is 0 Å². The molecule has 0 aromatic carbocycles. The summed E-state index contributed by atoms with van der Waals surface area (Å²) in [6, 6.07) is 1.94. The third-order valence-electron chi connectivity index (χ3n) is 4.63. The fourth-order valence-electron chi connectivity index (χ4n) is 3.46. The molecule has 1 N–H and O–H groups in total. The van der Waals surface area contributed by atoms with Crippen molar-refractivity contribution >= 4 is 45.6 Å². The van der Waals surface area contributed by atoms with Gasteiger partial charge in [-0.25, -0.2) is 4.79 Å². The van der Waals surface area contributed by atoms with Gasteiger partial charge in [0.2, 0.25) is 11.1 Å². The number of nitrogens with one attached hydrogen (secondary N) is 1. The summed E-state index contributed by atoms with van der Waals surface area (Å²) in [6.45, 7) is 5.94. The second-order valence-corrected chi connectivity index (χ2v) is 8.85. The largest absolute Gasteiger partial charge is 0.462 e. The summed E-state index contributed by atoms with van der Waals surface area (Å²) in [4.78, 5) is 26.2. The van der Waals surface area contributed by atoms with Crippen molar-refractivity contribution in [3.05, 3.63) is 33.3 Å². The quantitative estimate of drug-likeness (QED) is 0.473. The van der Waals surface area contributed by atoms with Crippen molar-refractivity contribution in [1.29, 1.82) is 0 Å². The number of thiophene rings is 1. The fourth-order valence-corrected chi connectivity index (χ4v) is 5.43. The Morgan fingerprint density at radius 1 is 1.31 bits per heavy atom. The Bertz CT molecular complexity index is 1110. The minimum atomic E-state index is -0.367. The van der Waals surface area contributed by atoms with E-state index in [4.69, 9.17) is 4.74 Å². The van der Waals surface area contributed by atoms with Crippen LogP contribution in [0, 0.1) is 13.8 Å². The van der Waals surface area contributed by atoms with Crippen LogP contribution in [0.15, 0.2) is 11.2 Å². The van der Waals surface area contributed by atoms with E-state index in [-0.39, 0.29) is 17.6 Å². The maximum Gasteiger partial charge on any atom is 0.341 e. The highest BCUT2D eigenvalue weighted by molar-refractivity contribution is 7.99. The number of amides is 1. The number of rotatable bonds is 6. The molecule has 1 amide bonds. The van der Waals surface area contributed by atoms with Crippen molar-refractivity contribution in [1.82, 2.24) is 19.8 Å². The van der Waals surface area contributed by atoms with Crippen LogP contribution in [0.1, 0.15) is 45.4 Å². The van der Waals surface area contributed by atoms with Crippen LogP contribution in [0.4, 0.5) is 5.00 Å². The molecule has 0 radical (unpaired) electrons. The van der Waals surface area contributed by atoms with Gasteiger partial charge in [0.25, 0.3) is 0 Å². The molecule has 0 fully saturated rings. The monoisotopic (exact) mass is 431 g/mol. The van der Waals surface area contributed by atoms with Crippen molar-refractivity contribution in [2.45, 2.75) is 45.2 Å². The third kappa shape index (κ3) is 3.86. The van der Waals surface area contributed by atoms with E-state index in [2.05, 4.69) is 20.6 Å². The minimum Gasteiger partial charge on any atom is -0.462 e. The molecule has 0 unspecified atom stereocenters.